The molecule has 2 N–H and O–H groups in total. The molecule has 1 heterocycles. The second-order valence-corrected chi connectivity index (χ2v) is 8.92. The number of hydrogen-bond acceptors (Lipinski definition) is 5. The molecule has 10 heteroatoms. The summed E-state index contributed by atoms with van der Waals surface area (Å²) in [5, 5.41) is 3.12. The second-order valence-electron chi connectivity index (χ2n) is 5.23. The van der Waals surface area contributed by atoms with Gasteiger partial charge in [0, 0.05) is 25.7 Å². The molecular weight excluding hydrogens is 333 g/mol. The Morgan fingerprint density at radius 3 is 2.55 bits per heavy atom. The fraction of sp³-hybridized carbons (Fsp3) is 0.500. The van der Waals surface area contributed by atoms with Gasteiger partial charge in [-0.3, -0.25) is 4.72 Å². The van der Waals surface area contributed by atoms with Crippen molar-refractivity contribution in [3.05, 3.63) is 24.0 Å². The van der Waals surface area contributed by atoms with E-state index in [1.807, 2.05) is 11.6 Å². The molecule has 124 valence electrons. The van der Waals surface area contributed by atoms with Crippen LogP contribution in [0.4, 0.5) is 10.1 Å². The van der Waals surface area contributed by atoms with Crippen LogP contribution in [0.15, 0.2) is 23.1 Å². The zero-order valence-electron chi connectivity index (χ0n) is 12.2. The monoisotopic (exact) mass is 351 g/mol. The van der Waals surface area contributed by atoms with E-state index in [1.165, 1.54) is 10.4 Å². The predicted octanol–water partition coefficient (Wildman–Crippen LogP) is 0.180. The number of benzene rings is 1. The van der Waals surface area contributed by atoms with Crippen molar-refractivity contribution in [1.29, 1.82) is 0 Å². The topological polar surface area (TPSA) is 95.6 Å². The zero-order valence-corrected chi connectivity index (χ0v) is 13.8. The number of nitrogens with one attached hydrogen (secondary N) is 2. The van der Waals surface area contributed by atoms with Crippen molar-refractivity contribution in [3.8, 4) is 0 Å². The van der Waals surface area contributed by atoms with Gasteiger partial charge < -0.3 is 5.32 Å². The van der Waals surface area contributed by atoms with Crippen LogP contribution in [-0.2, 0) is 20.0 Å². The van der Waals surface area contributed by atoms with Gasteiger partial charge in [-0.2, -0.15) is 4.31 Å². The highest BCUT2D eigenvalue weighted by Gasteiger charge is 2.29. The van der Waals surface area contributed by atoms with Crippen LogP contribution < -0.4 is 10.0 Å². The largest absolute Gasteiger partial charge is 0.312 e. The number of piperazine rings is 1. The Hall–Kier alpha value is -1.23. The minimum Gasteiger partial charge on any atom is -0.312 e. The Bertz CT molecular complexity index is 765. The number of nitrogens with zero attached hydrogens (tertiary/aromatic N) is 1. The molecule has 2 rings (SSSR count). The number of halogens is 1. The average molecular weight is 351 g/mol. The summed E-state index contributed by atoms with van der Waals surface area (Å²) < 4.78 is 64.4. The Morgan fingerprint density at radius 2 is 2.00 bits per heavy atom. The number of anilines is 1. The van der Waals surface area contributed by atoms with Crippen molar-refractivity contribution in [3.63, 3.8) is 0 Å². The Labute approximate surface area is 129 Å². The second kappa shape index (κ2) is 6.11. The molecule has 0 amide bonds. The Balaban J connectivity index is 2.30. The van der Waals surface area contributed by atoms with Gasteiger partial charge in [-0.15, -0.1) is 0 Å². The fourth-order valence-corrected chi connectivity index (χ4v) is 4.31. The molecule has 1 fully saturated rings. The molecular formula is C12H18FN3O4S2. The highest BCUT2D eigenvalue weighted by atomic mass is 32.2. The molecule has 0 radical (unpaired) electrons. The molecule has 0 saturated carbocycles. The van der Waals surface area contributed by atoms with Crippen molar-refractivity contribution >= 4 is 25.7 Å². The average Bonchev–Trinajstić information content (AvgIpc) is 2.39. The van der Waals surface area contributed by atoms with E-state index in [9.17, 15) is 21.2 Å². The molecule has 1 aromatic rings. The minimum atomic E-state index is -3.80. The number of hydrogen-bond donors (Lipinski definition) is 2. The third-order valence-electron chi connectivity index (χ3n) is 3.21. The SMILES string of the molecule is CC1CN(S(=O)(=O)c2ccc(NS(C)(=O)=O)c(F)c2)CCN1. The summed E-state index contributed by atoms with van der Waals surface area (Å²) in [6, 6.07) is 3.14. The van der Waals surface area contributed by atoms with Gasteiger partial charge in [-0.25, -0.2) is 21.2 Å². The van der Waals surface area contributed by atoms with Gasteiger partial charge in [0.2, 0.25) is 20.0 Å². The molecule has 1 saturated heterocycles. The maximum atomic E-state index is 13.9. The van der Waals surface area contributed by atoms with Gasteiger partial charge in [-0.1, -0.05) is 0 Å². The predicted molar refractivity (Wildman–Crippen MR) is 81.1 cm³/mol. The first kappa shape index (κ1) is 17.1. The highest BCUT2D eigenvalue weighted by Crippen LogP contribution is 2.23. The Kier molecular flexibility index (Phi) is 4.76. The van der Waals surface area contributed by atoms with Crippen LogP contribution in [-0.4, -0.2) is 53.1 Å². The van der Waals surface area contributed by atoms with Crippen LogP contribution in [0.5, 0.6) is 0 Å². The van der Waals surface area contributed by atoms with Crippen LogP contribution in [0.1, 0.15) is 6.92 Å². The first-order valence-electron chi connectivity index (χ1n) is 6.60. The standard InChI is InChI=1S/C12H18FN3O4S2/c1-9-8-16(6-5-14-9)22(19,20)10-3-4-12(11(13)7-10)15-21(2,17)18/h3-4,7,9,14-15H,5-6,8H2,1-2H3. The van der Waals surface area contributed by atoms with Crippen molar-refractivity contribution in [2.24, 2.45) is 0 Å². The van der Waals surface area contributed by atoms with Gasteiger partial charge in [0.1, 0.15) is 5.82 Å². The maximum absolute atomic E-state index is 13.9. The molecule has 22 heavy (non-hydrogen) atoms. The lowest BCUT2D eigenvalue weighted by Gasteiger charge is -2.31. The zero-order chi connectivity index (χ0) is 16.5. The van der Waals surface area contributed by atoms with E-state index in [0.717, 1.165) is 18.4 Å². The van der Waals surface area contributed by atoms with Crippen LogP contribution in [0.2, 0.25) is 0 Å². The normalized spacial score (nSPS) is 20.8. The van der Waals surface area contributed by atoms with E-state index in [4.69, 9.17) is 0 Å². The molecule has 0 aliphatic carbocycles. The lowest BCUT2D eigenvalue weighted by Crippen LogP contribution is -2.51. The van der Waals surface area contributed by atoms with E-state index >= 15 is 0 Å². The van der Waals surface area contributed by atoms with E-state index in [1.54, 1.807) is 0 Å². The van der Waals surface area contributed by atoms with Gasteiger partial charge in [0.05, 0.1) is 16.8 Å². The molecule has 1 aliphatic rings. The van der Waals surface area contributed by atoms with Crippen molar-refractivity contribution in [2.75, 3.05) is 30.6 Å². The smallest absolute Gasteiger partial charge is 0.243 e. The Morgan fingerprint density at radius 1 is 1.32 bits per heavy atom. The number of sulfonamides is 2. The lowest BCUT2D eigenvalue weighted by atomic mass is 10.3. The summed E-state index contributed by atoms with van der Waals surface area (Å²) in [4.78, 5) is -0.196. The van der Waals surface area contributed by atoms with Gasteiger partial charge in [0.25, 0.3) is 0 Å². The molecule has 1 aliphatic heterocycles. The summed E-state index contributed by atoms with van der Waals surface area (Å²) in [6.07, 6.45) is 0.888. The molecule has 1 atom stereocenters. The van der Waals surface area contributed by atoms with Gasteiger partial charge in [0.15, 0.2) is 0 Å². The molecule has 1 unspecified atom stereocenters. The quantitative estimate of drug-likeness (QED) is 0.807. The summed E-state index contributed by atoms with van der Waals surface area (Å²) >= 11 is 0. The van der Waals surface area contributed by atoms with Crippen molar-refractivity contribution in [1.82, 2.24) is 9.62 Å². The first-order chi connectivity index (χ1) is 10.1. The summed E-state index contributed by atoms with van der Waals surface area (Å²) in [7, 11) is -7.44. The first-order valence-corrected chi connectivity index (χ1v) is 9.93. The fourth-order valence-electron chi connectivity index (χ4n) is 2.20. The summed E-state index contributed by atoms with van der Waals surface area (Å²) in [5.74, 6) is -0.935. The molecule has 7 nitrogen and oxygen atoms in total. The van der Waals surface area contributed by atoms with Crippen LogP contribution >= 0.6 is 0 Å². The molecule has 0 bridgehead atoms. The van der Waals surface area contributed by atoms with Gasteiger partial charge >= 0.3 is 0 Å². The van der Waals surface area contributed by atoms with E-state index < -0.39 is 25.9 Å². The van der Waals surface area contributed by atoms with E-state index in [2.05, 4.69) is 5.32 Å². The molecule has 0 aromatic heterocycles. The summed E-state index contributed by atoms with van der Waals surface area (Å²) in [6.45, 7) is 2.99. The van der Waals surface area contributed by atoms with Crippen molar-refractivity contribution in [2.45, 2.75) is 17.9 Å². The molecule has 0 spiro atoms. The summed E-state index contributed by atoms with van der Waals surface area (Å²) in [5.41, 5.74) is -0.282. The van der Waals surface area contributed by atoms with Crippen LogP contribution in [0.3, 0.4) is 0 Å². The van der Waals surface area contributed by atoms with Gasteiger partial charge in [-0.05, 0) is 25.1 Å². The maximum Gasteiger partial charge on any atom is 0.243 e. The molecule has 1 aromatic carbocycles. The van der Waals surface area contributed by atoms with E-state index in [-0.39, 0.29) is 16.6 Å². The minimum absolute atomic E-state index is 0.0135. The van der Waals surface area contributed by atoms with E-state index in [0.29, 0.717) is 19.6 Å². The lowest BCUT2D eigenvalue weighted by molar-refractivity contribution is 0.310. The third kappa shape index (κ3) is 3.94. The van der Waals surface area contributed by atoms with Crippen LogP contribution in [0.25, 0.3) is 0 Å². The number of rotatable bonds is 4. The highest BCUT2D eigenvalue weighted by molar-refractivity contribution is 7.92. The van der Waals surface area contributed by atoms with Crippen LogP contribution in [0, 0.1) is 5.82 Å². The third-order valence-corrected chi connectivity index (χ3v) is 5.66. The van der Waals surface area contributed by atoms with Crippen molar-refractivity contribution < 1.29 is 21.2 Å².